The van der Waals surface area contributed by atoms with Crippen molar-refractivity contribution in [1.82, 2.24) is 15.1 Å². The summed E-state index contributed by atoms with van der Waals surface area (Å²) in [6, 6.07) is 11.3. The Bertz CT molecular complexity index is 1200. The number of carbonyl (C=O) groups excluding carboxylic acids is 1. The Kier molecular flexibility index (Phi) is 4.51. The van der Waals surface area contributed by atoms with Gasteiger partial charge in [0, 0.05) is 29.4 Å². The summed E-state index contributed by atoms with van der Waals surface area (Å²) in [4.78, 5) is 12.9. The number of allylic oxidation sites excluding steroid dienone is 1. The Balaban J connectivity index is 1.43. The van der Waals surface area contributed by atoms with Gasteiger partial charge in [0.15, 0.2) is 17.3 Å². The van der Waals surface area contributed by atoms with E-state index in [1.54, 1.807) is 10.8 Å². The molecule has 2 aromatic carbocycles. The van der Waals surface area contributed by atoms with Crippen molar-refractivity contribution >= 4 is 23.1 Å². The van der Waals surface area contributed by atoms with Gasteiger partial charge in [-0.05, 0) is 62.2 Å². The predicted octanol–water partition coefficient (Wildman–Crippen LogP) is 4.24. The number of fused-ring (bicyclic) bond motifs is 2. The SMILES string of the molecule is Cc1nn(-c2ccc(C(=O)C=C3NCCc4cc5c(cc43)OCO5)cc2)c(C)c1Cl. The van der Waals surface area contributed by atoms with Crippen molar-refractivity contribution in [2.24, 2.45) is 0 Å². The first-order chi connectivity index (χ1) is 14.5. The fourth-order valence-electron chi connectivity index (χ4n) is 3.85. The Labute approximate surface area is 179 Å². The molecular formula is C23H20ClN3O3. The second kappa shape index (κ2) is 7.22. The minimum absolute atomic E-state index is 0.0685. The van der Waals surface area contributed by atoms with Crippen LogP contribution in [0.2, 0.25) is 5.02 Å². The van der Waals surface area contributed by atoms with Gasteiger partial charge in [0.1, 0.15) is 0 Å². The van der Waals surface area contributed by atoms with Crippen LogP contribution in [0.5, 0.6) is 11.5 Å². The number of carbonyl (C=O) groups is 1. The number of hydrogen-bond donors (Lipinski definition) is 1. The monoisotopic (exact) mass is 421 g/mol. The molecule has 0 unspecified atom stereocenters. The average Bonchev–Trinajstić information content (AvgIpc) is 3.32. The largest absolute Gasteiger partial charge is 0.454 e. The van der Waals surface area contributed by atoms with Crippen molar-refractivity contribution in [2.45, 2.75) is 20.3 Å². The summed E-state index contributed by atoms with van der Waals surface area (Å²) in [5.41, 5.74) is 6.05. The van der Waals surface area contributed by atoms with Crippen molar-refractivity contribution in [1.29, 1.82) is 0 Å². The maximum Gasteiger partial charge on any atom is 0.231 e. The fourth-order valence-corrected chi connectivity index (χ4v) is 3.97. The molecule has 2 aliphatic rings. The van der Waals surface area contributed by atoms with Gasteiger partial charge in [0.25, 0.3) is 0 Å². The standard InChI is InChI=1S/C23H20ClN3O3/c1-13-23(24)14(2)27(26-13)17-5-3-15(4-6-17)20(28)11-19-18-10-22-21(29-12-30-22)9-16(18)7-8-25-19/h3-6,9-11,25H,7-8,12H2,1-2H3. The van der Waals surface area contributed by atoms with Crippen molar-refractivity contribution in [3.05, 3.63) is 75.6 Å². The summed E-state index contributed by atoms with van der Waals surface area (Å²) in [5.74, 6) is 1.41. The summed E-state index contributed by atoms with van der Waals surface area (Å²) in [5, 5.41) is 8.45. The van der Waals surface area contributed by atoms with Gasteiger partial charge in [-0.25, -0.2) is 4.68 Å². The molecule has 30 heavy (non-hydrogen) atoms. The molecule has 3 aromatic rings. The third kappa shape index (κ3) is 3.13. The maximum atomic E-state index is 12.9. The minimum Gasteiger partial charge on any atom is -0.454 e. The molecule has 0 saturated heterocycles. The molecule has 1 aromatic heterocycles. The van der Waals surface area contributed by atoms with Crippen LogP contribution in [0, 0.1) is 13.8 Å². The average molecular weight is 422 g/mol. The van der Waals surface area contributed by atoms with E-state index in [4.69, 9.17) is 21.1 Å². The lowest BCUT2D eigenvalue weighted by molar-refractivity contribution is 0.104. The number of halogens is 1. The number of aryl methyl sites for hydroxylation is 1. The van der Waals surface area contributed by atoms with Gasteiger partial charge in [-0.15, -0.1) is 0 Å². The normalized spacial score (nSPS) is 15.8. The lowest BCUT2D eigenvalue weighted by Crippen LogP contribution is -2.23. The fraction of sp³-hybridized carbons (Fsp3) is 0.217. The molecule has 6 nitrogen and oxygen atoms in total. The summed E-state index contributed by atoms with van der Waals surface area (Å²) >= 11 is 6.25. The smallest absolute Gasteiger partial charge is 0.231 e. The molecule has 0 bridgehead atoms. The third-order valence-electron chi connectivity index (χ3n) is 5.47. The van der Waals surface area contributed by atoms with Crippen LogP contribution in [0.3, 0.4) is 0 Å². The first-order valence-electron chi connectivity index (χ1n) is 9.76. The highest BCUT2D eigenvalue weighted by Gasteiger charge is 2.22. The van der Waals surface area contributed by atoms with E-state index in [0.29, 0.717) is 16.3 Å². The number of nitrogens with zero attached hydrogens (tertiary/aromatic N) is 2. The molecule has 152 valence electrons. The van der Waals surface area contributed by atoms with E-state index in [0.717, 1.165) is 52.6 Å². The molecule has 0 radical (unpaired) electrons. The Hall–Kier alpha value is -3.25. The van der Waals surface area contributed by atoms with Crippen LogP contribution >= 0.6 is 11.6 Å². The first-order valence-corrected chi connectivity index (χ1v) is 10.1. The predicted molar refractivity (Wildman–Crippen MR) is 115 cm³/mol. The van der Waals surface area contributed by atoms with Crippen molar-refractivity contribution in [3.8, 4) is 17.2 Å². The number of benzene rings is 2. The van der Waals surface area contributed by atoms with E-state index < -0.39 is 0 Å². The summed E-state index contributed by atoms with van der Waals surface area (Å²) < 4.78 is 12.8. The van der Waals surface area contributed by atoms with Gasteiger partial charge in [-0.1, -0.05) is 11.6 Å². The zero-order valence-corrected chi connectivity index (χ0v) is 17.4. The van der Waals surface area contributed by atoms with Gasteiger partial charge < -0.3 is 14.8 Å². The maximum absolute atomic E-state index is 12.9. The van der Waals surface area contributed by atoms with Crippen LogP contribution in [0.1, 0.15) is 32.9 Å². The van der Waals surface area contributed by atoms with E-state index in [-0.39, 0.29) is 12.6 Å². The molecule has 1 N–H and O–H groups in total. The van der Waals surface area contributed by atoms with Gasteiger partial charge in [-0.3, -0.25) is 4.79 Å². The summed E-state index contributed by atoms with van der Waals surface area (Å²) in [6.45, 7) is 4.79. The molecule has 0 saturated carbocycles. The van der Waals surface area contributed by atoms with Gasteiger partial charge in [0.05, 0.1) is 22.1 Å². The van der Waals surface area contributed by atoms with Crippen molar-refractivity contribution < 1.29 is 14.3 Å². The van der Waals surface area contributed by atoms with Crippen LogP contribution in [-0.2, 0) is 6.42 Å². The van der Waals surface area contributed by atoms with E-state index in [1.807, 2.05) is 50.2 Å². The molecular weight excluding hydrogens is 402 g/mol. The zero-order chi connectivity index (χ0) is 20.8. The van der Waals surface area contributed by atoms with E-state index in [1.165, 1.54) is 0 Å². The van der Waals surface area contributed by atoms with Crippen molar-refractivity contribution in [2.75, 3.05) is 13.3 Å². The summed E-state index contributed by atoms with van der Waals surface area (Å²) in [7, 11) is 0. The van der Waals surface area contributed by atoms with Crippen LogP contribution in [-0.4, -0.2) is 28.9 Å². The Morgan fingerprint density at radius 2 is 1.90 bits per heavy atom. The number of ketones is 1. The van der Waals surface area contributed by atoms with Crippen LogP contribution < -0.4 is 14.8 Å². The molecule has 3 heterocycles. The molecule has 2 aliphatic heterocycles. The van der Waals surface area contributed by atoms with E-state index in [9.17, 15) is 4.79 Å². The highest BCUT2D eigenvalue weighted by Crippen LogP contribution is 2.38. The Morgan fingerprint density at radius 3 is 2.60 bits per heavy atom. The van der Waals surface area contributed by atoms with E-state index >= 15 is 0 Å². The molecule has 0 spiro atoms. The summed E-state index contributed by atoms with van der Waals surface area (Å²) in [6.07, 6.45) is 2.52. The Morgan fingerprint density at radius 1 is 1.17 bits per heavy atom. The number of ether oxygens (including phenoxy) is 2. The first kappa shape index (κ1) is 18.8. The lowest BCUT2D eigenvalue weighted by Gasteiger charge is -2.21. The van der Waals surface area contributed by atoms with E-state index in [2.05, 4.69) is 10.4 Å². The highest BCUT2D eigenvalue weighted by molar-refractivity contribution is 6.31. The quantitative estimate of drug-likeness (QED) is 0.506. The second-order valence-electron chi connectivity index (χ2n) is 7.41. The number of nitrogens with one attached hydrogen (secondary N) is 1. The highest BCUT2D eigenvalue weighted by atomic mass is 35.5. The molecule has 7 heteroatoms. The lowest BCUT2D eigenvalue weighted by atomic mass is 9.96. The molecule has 5 rings (SSSR count). The molecule has 0 fully saturated rings. The van der Waals surface area contributed by atoms with Crippen molar-refractivity contribution in [3.63, 3.8) is 0 Å². The van der Waals surface area contributed by atoms with Crippen LogP contribution in [0.4, 0.5) is 0 Å². The number of rotatable bonds is 3. The molecule has 0 aliphatic carbocycles. The van der Waals surface area contributed by atoms with Crippen LogP contribution in [0.25, 0.3) is 11.4 Å². The number of aromatic nitrogens is 2. The number of hydrogen-bond acceptors (Lipinski definition) is 5. The van der Waals surface area contributed by atoms with Gasteiger partial charge in [-0.2, -0.15) is 5.10 Å². The third-order valence-corrected chi connectivity index (χ3v) is 6.02. The second-order valence-corrected chi connectivity index (χ2v) is 7.78. The minimum atomic E-state index is -0.0685. The van der Waals surface area contributed by atoms with Gasteiger partial charge in [0.2, 0.25) is 6.79 Å². The molecule has 0 amide bonds. The topological polar surface area (TPSA) is 65.4 Å². The molecule has 0 atom stereocenters. The van der Waals surface area contributed by atoms with Crippen LogP contribution in [0.15, 0.2) is 42.5 Å². The van der Waals surface area contributed by atoms with Gasteiger partial charge >= 0.3 is 0 Å². The zero-order valence-electron chi connectivity index (χ0n) is 16.7.